The van der Waals surface area contributed by atoms with Crippen LogP contribution in [0.2, 0.25) is 0 Å². The van der Waals surface area contributed by atoms with E-state index in [-0.39, 0.29) is 12.0 Å². The molecular weight excluding hydrogens is 278 g/mol. The van der Waals surface area contributed by atoms with Crippen LogP contribution < -0.4 is 10.6 Å². The van der Waals surface area contributed by atoms with Crippen molar-refractivity contribution in [2.24, 2.45) is 5.92 Å². The second-order valence-electron chi connectivity index (χ2n) is 5.57. The summed E-state index contributed by atoms with van der Waals surface area (Å²) in [4.78, 5) is 26.8. The van der Waals surface area contributed by atoms with Gasteiger partial charge in [-0.05, 0) is 6.42 Å². The maximum absolute atomic E-state index is 11.7. The number of amides is 2. The van der Waals surface area contributed by atoms with Gasteiger partial charge in [-0.3, -0.25) is 10.1 Å². The number of anilines is 1. The average Bonchev–Trinajstić information content (AvgIpc) is 2.77. The summed E-state index contributed by atoms with van der Waals surface area (Å²) in [6.45, 7) is 8.02. The lowest BCUT2D eigenvalue weighted by molar-refractivity contribution is -0.141. The second-order valence-corrected chi connectivity index (χ2v) is 6.42. The van der Waals surface area contributed by atoms with Gasteiger partial charge in [0.15, 0.2) is 5.13 Å². The first-order chi connectivity index (χ1) is 9.24. The molecule has 3 N–H and O–H groups in total. The third-order valence-electron chi connectivity index (χ3n) is 2.84. The first kappa shape index (κ1) is 16.4. The minimum Gasteiger partial charge on any atom is -0.481 e. The Morgan fingerprint density at radius 3 is 2.55 bits per heavy atom. The van der Waals surface area contributed by atoms with Gasteiger partial charge < -0.3 is 10.4 Å². The monoisotopic (exact) mass is 299 g/mol. The Hall–Kier alpha value is -1.63. The van der Waals surface area contributed by atoms with Gasteiger partial charge in [0.05, 0.1) is 11.6 Å². The highest BCUT2D eigenvalue weighted by Gasteiger charge is 2.19. The number of nitrogens with one attached hydrogen (secondary N) is 2. The highest BCUT2D eigenvalue weighted by atomic mass is 32.1. The lowest BCUT2D eigenvalue weighted by Gasteiger charge is -2.14. The number of carbonyl (C=O) groups excluding carboxylic acids is 1. The van der Waals surface area contributed by atoms with Crippen LogP contribution in [0.15, 0.2) is 5.38 Å². The number of carbonyl (C=O) groups is 2. The summed E-state index contributed by atoms with van der Waals surface area (Å²) in [5, 5.41) is 16.5. The number of carboxylic acid groups (broad SMARTS) is 1. The Kier molecular flexibility index (Phi) is 5.50. The van der Waals surface area contributed by atoms with Crippen molar-refractivity contribution in [3.05, 3.63) is 11.1 Å². The van der Waals surface area contributed by atoms with Gasteiger partial charge in [-0.15, -0.1) is 11.3 Å². The van der Waals surface area contributed by atoms with E-state index in [4.69, 9.17) is 5.11 Å². The van der Waals surface area contributed by atoms with Crippen molar-refractivity contribution < 1.29 is 14.7 Å². The molecule has 112 valence electrons. The van der Waals surface area contributed by atoms with Crippen LogP contribution in [0.1, 0.15) is 39.8 Å². The van der Waals surface area contributed by atoms with Gasteiger partial charge in [-0.25, -0.2) is 9.78 Å². The van der Waals surface area contributed by atoms with Gasteiger partial charge in [-0.2, -0.15) is 0 Å². The van der Waals surface area contributed by atoms with Crippen molar-refractivity contribution in [2.45, 2.75) is 39.5 Å². The predicted molar refractivity (Wildman–Crippen MR) is 79.3 cm³/mol. The van der Waals surface area contributed by atoms with Gasteiger partial charge in [0.1, 0.15) is 0 Å². The van der Waals surface area contributed by atoms with Crippen molar-refractivity contribution in [3.8, 4) is 0 Å². The van der Waals surface area contributed by atoms with Crippen LogP contribution in [0.25, 0.3) is 0 Å². The van der Waals surface area contributed by atoms with E-state index in [1.165, 1.54) is 11.3 Å². The van der Waals surface area contributed by atoms with E-state index >= 15 is 0 Å². The normalized spacial score (nSPS) is 12.8. The summed E-state index contributed by atoms with van der Waals surface area (Å²) in [7, 11) is 0. The number of rotatable bonds is 5. The molecule has 0 aliphatic carbocycles. The van der Waals surface area contributed by atoms with E-state index in [2.05, 4.69) is 15.6 Å². The molecule has 0 aliphatic heterocycles. The summed E-state index contributed by atoms with van der Waals surface area (Å²) in [6, 6.07) is -0.431. The standard InChI is InChI=1S/C13H21N3O3S/c1-5-8(10(17)18)6-14-11(19)16-12-15-9(7-20-12)13(2,3)4/h7-8H,5-6H2,1-4H3,(H,17,18)(H2,14,15,16,19). The molecule has 7 heteroatoms. The fraction of sp³-hybridized carbons (Fsp3) is 0.615. The molecule has 1 heterocycles. The molecule has 0 aromatic carbocycles. The maximum Gasteiger partial charge on any atom is 0.321 e. The fourth-order valence-electron chi connectivity index (χ4n) is 1.44. The third-order valence-corrected chi connectivity index (χ3v) is 3.60. The summed E-state index contributed by atoms with van der Waals surface area (Å²) in [5.41, 5.74) is 0.846. The number of aromatic nitrogens is 1. The van der Waals surface area contributed by atoms with Crippen LogP contribution in [0.4, 0.5) is 9.93 Å². The van der Waals surface area contributed by atoms with Gasteiger partial charge in [-0.1, -0.05) is 27.7 Å². The Labute approximate surface area is 122 Å². The van der Waals surface area contributed by atoms with Crippen LogP contribution in [-0.2, 0) is 10.2 Å². The molecule has 0 saturated carbocycles. The first-order valence-electron chi connectivity index (χ1n) is 6.47. The summed E-state index contributed by atoms with van der Waals surface area (Å²) in [6.07, 6.45) is 0.473. The molecular formula is C13H21N3O3S. The number of nitrogens with zero attached hydrogens (tertiary/aromatic N) is 1. The second kappa shape index (κ2) is 6.69. The zero-order valence-corrected chi connectivity index (χ0v) is 13.0. The molecule has 1 unspecified atom stereocenters. The molecule has 1 aromatic heterocycles. The van der Waals surface area contributed by atoms with E-state index in [0.29, 0.717) is 11.6 Å². The van der Waals surface area contributed by atoms with Gasteiger partial charge >= 0.3 is 12.0 Å². The average molecular weight is 299 g/mol. The molecule has 0 radical (unpaired) electrons. The Balaban J connectivity index is 2.51. The van der Waals surface area contributed by atoms with E-state index in [9.17, 15) is 9.59 Å². The Bertz CT molecular complexity index is 479. The zero-order chi connectivity index (χ0) is 15.3. The molecule has 0 fully saturated rings. The largest absolute Gasteiger partial charge is 0.481 e. The summed E-state index contributed by atoms with van der Waals surface area (Å²) >= 11 is 1.35. The van der Waals surface area contributed by atoms with Crippen LogP contribution >= 0.6 is 11.3 Å². The van der Waals surface area contributed by atoms with Crippen molar-refractivity contribution in [1.82, 2.24) is 10.3 Å². The molecule has 0 aliphatic rings. The number of hydrogen-bond acceptors (Lipinski definition) is 4. The van der Waals surface area contributed by atoms with Crippen molar-refractivity contribution in [2.75, 3.05) is 11.9 Å². The number of urea groups is 1. The molecule has 6 nitrogen and oxygen atoms in total. The smallest absolute Gasteiger partial charge is 0.321 e. The highest BCUT2D eigenvalue weighted by molar-refractivity contribution is 7.13. The minimum absolute atomic E-state index is 0.0660. The quantitative estimate of drug-likeness (QED) is 0.779. The third kappa shape index (κ3) is 4.80. The molecule has 1 atom stereocenters. The van der Waals surface area contributed by atoms with Gasteiger partial charge in [0, 0.05) is 17.3 Å². The van der Waals surface area contributed by atoms with Crippen molar-refractivity contribution in [1.29, 1.82) is 0 Å². The number of carboxylic acids is 1. The zero-order valence-electron chi connectivity index (χ0n) is 12.2. The van der Waals surface area contributed by atoms with E-state index in [0.717, 1.165) is 5.69 Å². The number of thiazole rings is 1. The molecule has 0 bridgehead atoms. The van der Waals surface area contributed by atoms with E-state index < -0.39 is 17.9 Å². The SMILES string of the molecule is CCC(CNC(=O)Nc1nc(C(C)(C)C)cs1)C(=O)O. The van der Waals surface area contributed by atoms with Crippen molar-refractivity contribution >= 4 is 28.5 Å². The molecule has 1 rings (SSSR count). The summed E-state index contributed by atoms with van der Waals surface area (Å²) in [5.74, 6) is -1.47. The number of aliphatic carboxylic acids is 1. The Morgan fingerprint density at radius 2 is 2.10 bits per heavy atom. The molecule has 0 saturated heterocycles. The molecule has 0 spiro atoms. The predicted octanol–water partition coefficient (Wildman–Crippen LogP) is 2.67. The van der Waals surface area contributed by atoms with Crippen LogP contribution in [-0.4, -0.2) is 28.6 Å². The first-order valence-corrected chi connectivity index (χ1v) is 7.35. The van der Waals surface area contributed by atoms with Crippen LogP contribution in [0, 0.1) is 5.92 Å². The van der Waals surface area contributed by atoms with Gasteiger partial charge in [0.2, 0.25) is 0 Å². The molecule has 20 heavy (non-hydrogen) atoms. The lowest BCUT2D eigenvalue weighted by Crippen LogP contribution is -2.35. The van der Waals surface area contributed by atoms with E-state index in [1.807, 2.05) is 26.2 Å². The lowest BCUT2D eigenvalue weighted by atomic mass is 9.93. The molecule has 2 amide bonds. The Morgan fingerprint density at radius 1 is 1.45 bits per heavy atom. The van der Waals surface area contributed by atoms with Crippen molar-refractivity contribution in [3.63, 3.8) is 0 Å². The highest BCUT2D eigenvalue weighted by Crippen LogP contribution is 2.26. The summed E-state index contributed by atoms with van der Waals surface area (Å²) < 4.78 is 0. The van der Waals surface area contributed by atoms with Gasteiger partial charge in [0.25, 0.3) is 0 Å². The van der Waals surface area contributed by atoms with Crippen LogP contribution in [0.3, 0.4) is 0 Å². The molecule has 1 aromatic rings. The number of hydrogen-bond donors (Lipinski definition) is 3. The fourth-order valence-corrected chi connectivity index (χ4v) is 2.37. The topological polar surface area (TPSA) is 91.3 Å². The van der Waals surface area contributed by atoms with E-state index in [1.54, 1.807) is 6.92 Å². The maximum atomic E-state index is 11.7. The minimum atomic E-state index is -0.905. The van der Waals surface area contributed by atoms with Crippen LogP contribution in [0.5, 0.6) is 0 Å².